The van der Waals surface area contributed by atoms with Crippen LogP contribution < -0.4 is 0 Å². The fourth-order valence-corrected chi connectivity index (χ4v) is 4.79. The highest BCUT2D eigenvalue weighted by Gasteiger charge is 2.42. The van der Waals surface area contributed by atoms with Gasteiger partial charge in [-0.25, -0.2) is 17.9 Å². The first-order valence-corrected chi connectivity index (χ1v) is 7.93. The number of nitrogens with zero attached hydrogens (tertiary/aromatic N) is 3. The summed E-state index contributed by atoms with van der Waals surface area (Å²) in [5.74, 6) is -1.05. The summed E-state index contributed by atoms with van der Waals surface area (Å²) in [5.41, 5.74) is 0.159. The van der Waals surface area contributed by atoms with E-state index in [1.54, 1.807) is 19.1 Å². The number of carboxylic acids is 1. The van der Waals surface area contributed by atoms with E-state index < -0.39 is 21.3 Å². The highest BCUT2D eigenvalue weighted by molar-refractivity contribution is 7.91. The molecule has 3 rings (SSSR count). The van der Waals surface area contributed by atoms with E-state index in [4.69, 9.17) is 0 Å². The molecule has 1 saturated heterocycles. The number of fused-ring (bicyclic) bond motifs is 1. The summed E-state index contributed by atoms with van der Waals surface area (Å²) in [5, 5.41) is 17.2. The number of hydrogen-bond acceptors (Lipinski definition) is 5. The molecule has 106 valence electrons. The van der Waals surface area contributed by atoms with Crippen LogP contribution in [-0.4, -0.2) is 46.0 Å². The van der Waals surface area contributed by atoms with Gasteiger partial charge in [0.2, 0.25) is 0 Å². The molecule has 0 bridgehead atoms. The number of sulfone groups is 1. The molecular formula is C12H13N3O4S. The maximum absolute atomic E-state index is 11.7. The fourth-order valence-electron chi connectivity index (χ4n) is 2.68. The number of aromatic nitrogens is 3. The third-order valence-electron chi connectivity index (χ3n) is 3.69. The second kappa shape index (κ2) is 4.02. The lowest BCUT2D eigenvalue weighted by molar-refractivity contribution is 0.0698. The molecular weight excluding hydrogens is 282 g/mol. The molecule has 0 aliphatic carbocycles. The predicted molar refractivity (Wildman–Crippen MR) is 71.4 cm³/mol. The van der Waals surface area contributed by atoms with Crippen LogP contribution in [0.3, 0.4) is 0 Å². The van der Waals surface area contributed by atoms with Gasteiger partial charge >= 0.3 is 5.97 Å². The van der Waals surface area contributed by atoms with Crippen molar-refractivity contribution in [3.8, 4) is 0 Å². The van der Waals surface area contributed by atoms with Crippen LogP contribution in [0.5, 0.6) is 0 Å². The molecule has 2 heterocycles. The van der Waals surface area contributed by atoms with Crippen molar-refractivity contribution in [3.05, 3.63) is 23.8 Å². The van der Waals surface area contributed by atoms with Crippen molar-refractivity contribution < 1.29 is 18.3 Å². The number of aromatic carboxylic acids is 1. The molecule has 0 spiro atoms. The third kappa shape index (κ3) is 1.87. The normalized spacial score (nSPS) is 25.1. The van der Waals surface area contributed by atoms with Crippen molar-refractivity contribution in [1.82, 2.24) is 15.0 Å². The standard InChI is InChI=1S/C12H13N3O4S/c1-12(5-6-20(18,19)7-12)15-10-8(11(16)17)3-2-4-9(10)13-14-15/h2-4H,5-7H2,1H3,(H,16,17). The van der Waals surface area contributed by atoms with Gasteiger partial charge in [-0.3, -0.25) is 0 Å². The predicted octanol–water partition coefficient (Wildman–Crippen LogP) is 0.663. The number of benzene rings is 1. The van der Waals surface area contributed by atoms with E-state index in [0.717, 1.165) is 0 Å². The Morgan fingerprint density at radius 2 is 2.20 bits per heavy atom. The van der Waals surface area contributed by atoms with Crippen molar-refractivity contribution in [2.45, 2.75) is 18.9 Å². The summed E-state index contributed by atoms with van der Waals surface area (Å²) in [7, 11) is -3.12. The Bertz CT molecular complexity index is 811. The zero-order chi connectivity index (χ0) is 14.5. The first kappa shape index (κ1) is 13.0. The lowest BCUT2D eigenvalue weighted by atomic mass is 10.0. The molecule has 0 saturated carbocycles. The van der Waals surface area contributed by atoms with Gasteiger partial charge in [0.1, 0.15) is 11.0 Å². The molecule has 2 aromatic rings. The zero-order valence-corrected chi connectivity index (χ0v) is 11.6. The molecule has 8 heteroatoms. The molecule has 1 aliphatic heterocycles. The van der Waals surface area contributed by atoms with Crippen LogP contribution in [-0.2, 0) is 15.4 Å². The van der Waals surface area contributed by atoms with E-state index >= 15 is 0 Å². The molecule has 1 aromatic carbocycles. The minimum atomic E-state index is -3.12. The van der Waals surface area contributed by atoms with Crippen molar-refractivity contribution in [2.24, 2.45) is 0 Å². The Balaban J connectivity index is 2.25. The Hall–Kier alpha value is -1.96. The smallest absolute Gasteiger partial charge is 0.337 e. The van der Waals surface area contributed by atoms with Gasteiger partial charge in [-0.1, -0.05) is 11.3 Å². The van der Waals surface area contributed by atoms with E-state index in [9.17, 15) is 18.3 Å². The summed E-state index contributed by atoms with van der Waals surface area (Å²) in [6.07, 6.45) is 0.405. The molecule has 1 unspecified atom stereocenters. The van der Waals surface area contributed by atoms with Gasteiger partial charge < -0.3 is 5.11 Å². The molecule has 0 amide bonds. The number of carbonyl (C=O) groups is 1. The maximum Gasteiger partial charge on any atom is 0.337 e. The molecule has 1 aliphatic rings. The average Bonchev–Trinajstić information content (AvgIpc) is 2.90. The second-order valence-electron chi connectivity index (χ2n) is 5.32. The average molecular weight is 295 g/mol. The first-order valence-electron chi connectivity index (χ1n) is 6.11. The highest BCUT2D eigenvalue weighted by atomic mass is 32.2. The highest BCUT2D eigenvalue weighted by Crippen LogP contribution is 2.33. The summed E-state index contributed by atoms with van der Waals surface area (Å²) in [6, 6.07) is 4.73. The monoisotopic (exact) mass is 295 g/mol. The van der Waals surface area contributed by atoms with E-state index in [0.29, 0.717) is 17.5 Å². The summed E-state index contributed by atoms with van der Waals surface area (Å²) in [4.78, 5) is 11.3. The number of carboxylic acid groups (broad SMARTS) is 1. The summed E-state index contributed by atoms with van der Waals surface area (Å²) in [6.45, 7) is 1.77. The Kier molecular flexibility index (Phi) is 2.62. The fraction of sp³-hybridized carbons (Fsp3) is 0.417. The van der Waals surface area contributed by atoms with Gasteiger partial charge in [0.05, 0.1) is 22.6 Å². The van der Waals surface area contributed by atoms with Crippen molar-refractivity contribution >= 4 is 26.8 Å². The summed E-state index contributed by atoms with van der Waals surface area (Å²) >= 11 is 0. The van der Waals surface area contributed by atoms with Crippen LogP contribution in [0.4, 0.5) is 0 Å². The van der Waals surface area contributed by atoms with Gasteiger partial charge in [0.25, 0.3) is 0 Å². The van der Waals surface area contributed by atoms with Crippen LogP contribution in [0.1, 0.15) is 23.7 Å². The second-order valence-corrected chi connectivity index (χ2v) is 7.50. The minimum absolute atomic E-state index is 0.0492. The van der Waals surface area contributed by atoms with Crippen molar-refractivity contribution in [1.29, 1.82) is 0 Å². The SMILES string of the molecule is CC1(n2nnc3cccc(C(=O)O)c32)CCS(=O)(=O)C1. The quantitative estimate of drug-likeness (QED) is 0.873. The molecule has 1 fully saturated rings. The topological polar surface area (TPSA) is 102 Å². The molecule has 1 atom stereocenters. The van der Waals surface area contributed by atoms with Gasteiger partial charge in [-0.15, -0.1) is 5.10 Å². The van der Waals surface area contributed by atoms with E-state index in [-0.39, 0.29) is 17.1 Å². The van der Waals surface area contributed by atoms with E-state index in [1.807, 2.05) is 0 Å². The summed E-state index contributed by atoms with van der Waals surface area (Å²) < 4.78 is 24.9. The third-order valence-corrected chi connectivity index (χ3v) is 5.58. The van der Waals surface area contributed by atoms with E-state index in [2.05, 4.69) is 10.3 Å². The van der Waals surface area contributed by atoms with Crippen LogP contribution in [0, 0.1) is 0 Å². The molecule has 1 aromatic heterocycles. The largest absolute Gasteiger partial charge is 0.478 e. The molecule has 0 radical (unpaired) electrons. The van der Waals surface area contributed by atoms with Gasteiger partial charge in [0, 0.05) is 0 Å². The number of hydrogen-bond donors (Lipinski definition) is 1. The maximum atomic E-state index is 11.7. The van der Waals surface area contributed by atoms with Crippen LogP contribution in [0.15, 0.2) is 18.2 Å². The number of para-hydroxylation sites is 1. The molecule has 1 N–H and O–H groups in total. The van der Waals surface area contributed by atoms with Crippen molar-refractivity contribution in [3.63, 3.8) is 0 Å². The first-order chi connectivity index (χ1) is 9.32. The lowest BCUT2D eigenvalue weighted by Crippen LogP contribution is -2.33. The van der Waals surface area contributed by atoms with Crippen LogP contribution >= 0.6 is 0 Å². The van der Waals surface area contributed by atoms with Gasteiger partial charge in [-0.2, -0.15) is 0 Å². The van der Waals surface area contributed by atoms with Crippen molar-refractivity contribution in [2.75, 3.05) is 11.5 Å². The van der Waals surface area contributed by atoms with Crippen LogP contribution in [0.2, 0.25) is 0 Å². The van der Waals surface area contributed by atoms with Gasteiger partial charge in [-0.05, 0) is 25.5 Å². The molecule has 20 heavy (non-hydrogen) atoms. The van der Waals surface area contributed by atoms with Gasteiger partial charge in [0.15, 0.2) is 9.84 Å². The van der Waals surface area contributed by atoms with E-state index in [1.165, 1.54) is 10.7 Å². The van der Waals surface area contributed by atoms with Crippen LogP contribution in [0.25, 0.3) is 11.0 Å². The Morgan fingerprint density at radius 3 is 2.80 bits per heavy atom. The number of rotatable bonds is 2. The molecule has 7 nitrogen and oxygen atoms in total. The Morgan fingerprint density at radius 1 is 1.45 bits per heavy atom. The lowest BCUT2D eigenvalue weighted by Gasteiger charge is -2.23. The Labute approximate surface area is 115 Å². The zero-order valence-electron chi connectivity index (χ0n) is 10.8. The minimum Gasteiger partial charge on any atom is -0.478 e.